The fourth-order valence-electron chi connectivity index (χ4n) is 3.75. The number of amides is 1. The Hall–Kier alpha value is -3.19. The Bertz CT molecular complexity index is 889. The predicted octanol–water partition coefficient (Wildman–Crippen LogP) is 2.53. The summed E-state index contributed by atoms with van der Waals surface area (Å²) in [7, 11) is 1.29. The standard InChI is InChI=1S/C22H24N2O5/c1-29-20(26)17-9-5-6-10-18(17)23-19(25)15-24-13-11-22(12-14-24,21(27)28)16-7-3-2-4-8-16/h2-10H,11-15H2,1H3,(H,23,25)(H,27,28). The van der Waals surface area contributed by atoms with Crippen LogP contribution in [-0.2, 0) is 19.7 Å². The summed E-state index contributed by atoms with van der Waals surface area (Å²) in [5.74, 6) is -1.61. The van der Waals surface area contributed by atoms with Gasteiger partial charge in [-0.05, 0) is 30.5 Å². The molecule has 3 rings (SSSR count). The lowest BCUT2D eigenvalue weighted by atomic mass is 9.73. The van der Waals surface area contributed by atoms with Crippen LogP contribution in [0.4, 0.5) is 5.69 Å². The number of aliphatic carboxylic acids is 1. The van der Waals surface area contributed by atoms with E-state index in [9.17, 15) is 19.5 Å². The maximum absolute atomic E-state index is 12.5. The summed E-state index contributed by atoms with van der Waals surface area (Å²) in [6.07, 6.45) is 0.858. The highest BCUT2D eigenvalue weighted by molar-refractivity contribution is 6.01. The van der Waals surface area contributed by atoms with Crippen LogP contribution in [0.3, 0.4) is 0 Å². The Morgan fingerprint density at radius 3 is 2.28 bits per heavy atom. The largest absolute Gasteiger partial charge is 0.481 e. The average molecular weight is 396 g/mol. The van der Waals surface area contributed by atoms with Crippen LogP contribution in [0, 0.1) is 0 Å². The Morgan fingerprint density at radius 1 is 1.03 bits per heavy atom. The van der Waals surface area contributed by atoms with Crippen molar-refractivity contribution < 1.29 is 24.2 Å². The number of esters is 1. The number of rotatable bonds is 6. The zero-order chi connectivity index (χ0) is 20.9. The third kappa shape index (κ3) is 4.46. The second kappa shape index (κ2) is 8.87. The lowest BCUT2D eigenvalue weighted by Gasteiger charge is -2.39. The van der Waals surface area contributed by atoms with E-state index in [1.807, 2.05) is 35.2 Å². The van der Waals surface area contributed by atoms with Crippen molar-refractivity contribution >= 4 is 23.5 Å². The summed E-state index contributed by atoms with van der Waals surface area (Å²) in [6, 6.07) is 15.9. The molecule has 0 aromatic heterocycles. The minimum absolute atomic E-state index is 0.125. The van der Waals surface area contributed by atoms with Gasteiger partial charge in [0.15, 0.2) is 0 Å². The van der Waals surface area contributed by atoms with Crippen LogP contribution >= 0.6 is 0 Å². The molecule has 0 spiro atoms. The minimum atomic E-state index is -0.925. The second-order valence-electron chi connectivity index (χ2n) is 7.11. The third-order valence-electron chi connectivity index (χ3n) is 5.42. The number of carbonyl (C=O) groups excluding carboxylic acids is 2. The molecular formula is C22H24N2O5. The molecule has 1 aliphatic rings. The summed E-state index contributed by atoms with van der Waals surface area (Å²) < 4.78 is 4.74. The maximum Gasteiger partial charge on any atom is 0.339 e. The van der Waals surface area contributed by atoms with Gasteiger partial charge >= 0.3 is 11.9 Å². The second-order valence-corrected chi connectivity index (χ2v) is 7.11. The lowest BCUT2D eigenvalue weighted by molar-refractivity contribution is -0.146. The van der Waals surface area contributed by atoms with Gasteiger partial charge in [-0.25, -0.2) is 4.79 Å². The van der Waals surface area contributed by atoms with Crippen molar-refractivity contribution in [3.63, 3.8) is 0 Å². The van der Waals surface area contributed by atoms with E-state index in [4.69, 9.17) is 4.74 Å². The molecule has 0 saturated carbocycles. The van der Waals surface area contributed by atoms with Crippen LogP contribution in [0.15, 0.2) is 54.6 Å². The smallest absolute Gasteiger partial charge is 0.339 e. The molecule has 7 heteroatoms. The van der Waals surface area contributed by atoms with Crippen molar-refractivity contribution in [3.05, 3.63) is 65.7 Å². The number of benzene rings is 2. The molecule has 2 aromatic rings. The molecule has 1 amide bonds. The van der Waals surface area contributed by atoms with Crippen LogP contribution < -0.4 is 5.32 Å². The first-order valence-electron chi connectivity index (χ1n) is 9.45. The normalized spacial score (nSPS) is 16.0. The number of para-hydroxylation sites is 1. The Balaban J connectivity index is 1.63. The number of nitrogens with one attached hydrogen (secondary N) is 1. The van der Waals surface area contributed by atoms with Gasteiger partial charge in [-0.2, -0.15) is 0 Å². The fraction of sp³-hybridized carbons (Fsp3) is 0.318. The number of methoxy groups -OCH3 is 1. The van der Waals surface area contributed by atoms with Gasteiger partial charge in [0.1, 0.15) is 0 Å². The molecule has 0 aliphatic carbocycles. The topological polar surface area (TPSA) is 95.9 Å². The van der Waals surface area contributed by atoms with Gasteiger partial charge in [0.2, 0.25) is 5.91 Å². The first kappa shape index (κ1) is 20.5. The Kier molecular flexibility index (Phi) is 6.29. The van der Waals surface area contributed by atoms with Crippen LogP contribution in [0.25, 0.3) is 0 Å². The SMILES string of the molecule is COC(=O)c1ccccc1NC(=O)CN1CCC(C(=O)O)(c2ccccc2)CC1. The number of likely N-dealkylation sites (tertiary alicyclic amines) is 1. The van der Waals surface area contributed by atoms with E-state index >= 15 is 0 Å². The number of carboxylic acids is 1. The molecule has 7 nitrogen and oxygen atoms in total. The van der Waals surface area contributed by atoms with Crippen molar-refractivity contribution in [3.8, 4) is 0 Å². The molecule has 1 aliphatic heterocycles. The van der Waals surface area contributed by atoms with Crippen LogP contribution in [0.5, 0.6) is 0 Å². The van der Waals surface area contributed by atoms with E-state index in [1.54, 1.807) is 24.3 Å². The van der Waals surface area contributed by atoms with E-state index in [1.165, 1.54) is 7.11 Å². The molecule has 1 heterocycles. The highest BCUT2D eigenvalue weighted by atomic mass is 16.5. The Morgan fingerprint density at radius 2 is 1.66 bits per heavy atom. The van der Waals surface area contributed by atoms with E-state index in [-0.39, 0.29) is 18.0 Å². The van der Waals surface area contributed by atoms with Crippen molar-refractivity contribution in [2.45, 2.75) is 18.3 Å². The van der Waals surface area contributed by atoms with Gasteiger partial charge in [0, 0.05) is 13.1 Å². The highest BCUT2D eigenvalue weighted by Gasteiger charge is 2.43. The quantitative estimate of drug-likeness (QED) is 0.729. The summed E-state index contributed by atoms with van der Waals surface area (Å²) in [5, 5.41) is 12.6. The summed E-state index contributed by atoms with van der Waals surface area (Å²) in [4.78, 5) is 38.3. The van der Waals surface area contributed by atoms with Gasteiger partial charge in [0.25, 0.3) is 0 Å². The summed E-state index contributed by atoms with van der Waals surface area (Å²) in [6.45, 7) is 1.11. The number of hydrogen-bond acceptors (Lipinski definition) is 5. The van der Waals surface area contributed by atoms with Gasteiger partial charge in [0.05, 0.1) is 30.3 Å². The zero-order valence-electron chi connectivity index (χ0n) is 16.3. The van der Waals surface area contributed by atoms with Gasteiger partial charge in [-0.15, -0.1) is 0 Å². The number of ether oxygens (including phenoxy) is 1. The number of piperidine rings is 1. The number of hydrogen-bond donors (Lipinski definition) is 2. The average Bonchev–Trinajstić information content (AvgIpc) is 2.74. The molecule has 0 radical (unpaired) electrons. The van der Waals surface area contributed by atoms with Crippen LogP contribution in [0.1, 0.15) is 28.8 Å². The highest BCUT2D eigenvalue weighted by Crippen LogP contribution is 2.35. The predicted molar refractivity (Wildman–Crippen MR) is 108 cm³/mol. The molecule has 0 atom stereocenters. The van der Waals surface area contributed by atoms with Gasteiger partial charge in [-0.1, -0.05) is 42.5 Å². The number of carbonyl (C=O) groups is 3. The van der Waals surface area contributed by atoms with E-state index in [0.717, 1.165) is 5.56 Å². The molecule has 2 aromatic carbocycles. The lowest BCUT2D eigenvalue weighted by Crippen LogP contribution is -2.49. The van der Waals surface area contributed by atoms with E-state index < -0.39 is 17.4 Å². The molecule has 1 saturated heterocycles. The first-order chi connectivity index (χ1) is 14.0. The number of carboxylic acid groups (broad SMARTS) is 1. The van der Waals surface area contributed by atoms with Crippen molar-refractivity contribution in [1.29, 1.82) is 0 Å². The third-order valence-corrected chi connectivity index (χ3v) is 5.42. The van der Waals surface area contributed by atoms with Crippen molar-refractivity contribution in [2.24, 2.45) is 0 Å². The fourth-order valence-corrected chi connectivity index (χ4v) is 3.75. The van der Waals surface area contributed by atoms with Crippen molar-refractivity contribution in [2.75, 3.05) is 32.1 Å². The van der Waals surface area contributed by atoms with Crippen LogP contribution in [-0.4, -0.2) is 54.6 Å². The molecule has 1 fully saturated rings. The molecule has 152 valence electrons. The van der Waals surface area contributed by atoms with Crippen LogP contribution in [0.2, 0.25) is 0 Å². The maximum atomic E-state index is 12.5. The van der Waals surface area contributed by atoms with Gasteiger partial charge < -0.3 is 15.2 Å². The summed E-state index contributed by atoms with van der Waals surface area (Å²) in [5.41, 5.74) is 0.552. The molecular weight excluding hydrogens is 372 g/mol. The first-order valence-corrected chi connectivity index (χ1v) is 9.45. The number of nitrogens with zero attached hydrogens (tertiary/aromatic N) is 1. The monoisotopic (exact) mass is 396 g/mol. The molecule has 2 N–H and O–H groups in total. The summed E-state index contributed by atoms with van der Waals surface area (Å²) >= 11 is 0. The zero-order valence-corrected chi connectivity index (χ0v) is 16.3. The van der Waals surface area contributed by atoms with Crippen molar-refractivity contribution in [1.82, 2.24) is 4.90 Å². The Labute approximate surface area is 169 Å². The number of anilines is 1. The minimum Gasteiger partial charge on any atom is -0.481 e. The van der Waals surface area contributed by atoms with E-state index in [0.29, 0.717) is 31.6 Å². The van der Waals surface area contributed by atoms with Gasteiger partial charge in [-0.3, -0.25) is 14.5 Å². The molecule has 0 bridgehead atoms. The molecule has 29 heavy (non-hydrogen) atoms. The van der Waals surface area contributed by atoms with E-state index in [2.05, 4.69) is 5.32 Å². The molecule has 0 unspecified atom stereocenters.